The van der Waals surface area contributed by atoms with Gasteiger partial charge in [0.1, 0.15) is 5.69 Å². The van der Waals surface area contributed by atoms with E-state index in [0.717, 1.165) is 0 Å². The van der Waals surface area contributed by atoms with Crippen molar-refractivity contribution in [1.82, 2.24) is 9.97 Å². The lowest BCUT2D eigenvalue weighted by atomic mass is 10.0. The highest BCUT2D eigenvalue weighted by Crippen LogP contribution is 2.23. The molecule has 0 unspecified atom stereocenters. The molecule has 0 bridgehead atoms. The molecule has 2 aromatic heterocycles. The quantitative estimate of drug-likeness (QED) is 0.541. The molecule has 0 spiro atoms. The molecule has 0 saturated carbocycles. The molecular formula is C21H26N2O6. The summed E-state index contributed by atoms with van der Waals surface area (Å²) in [5.41, 5.74) is 3.03. The Morgan fingerprint density at radius 3 is 1.90 bits per heavy atom. The van der Waals surface area contributed by atoms with E-state index in [0.29, 0.717) is 28.1 Å². The van der Waals surface area contributed by atoms with E-state index in [2.05, 4.69) is 9.97 Å². The van der Waals surface area contributed by atoms with Gasteiger partial charge in [-0.1, -0.05) is 0 Å². The van der Waals surface area contributed by atoms with Gasteiger partial charge in [-0.3, -0.25) is 9.59 Å². The molecule has 8 nitrogen and oxygen atoms in total. The maximum absolute atomic E-state index is 12.8. The van der Waals surface area contributed by atoms with Crippen LogP contribution in [0.4, 0.5) is 0 Å². The minimum absolute atomic E-state index is 0.148. The maximum atomic E-state index is 12.8. The van der Waals surface area contributed by atoms with Crippen LogP contribution in [0.15, 0.2) is 0 Å². The van der Waals surface area contributed by atoms with Crippen molar-refractivity contribution in [3.8, 4) is 0 Å². The van der Waals surface area contributed by atoms with Crippen molar-refractivity contribution < 1.29 is 28.7 Å². The van der Waals surface area contributed by atoms with Gasteiger partial charge in [-0.05, 0) is 59.6 Å². The smallest absolute Gasteiger partial charge is 0.355 e. The van der Waals surface area contributed by atoms with Gasteiger partial charge in [0.25, 0.3) is 0 Å². The van der Waals surface area contributed by atoms with Gasteiger partial charge in [0.15, 0.2) is 11.9 Å². The predicted molar refractivity (Wildman–Crippen MR) is 106 cm³/mol. The van der Waals surface area contributed by atoms with Crippen LogP contribution in [0.1, 0.15) is 85.0 Å². The van der Waals surface area contributed by atoms with Gasteiger partial charge in [0.05, 0.1) is 17.9 Å². The molecule has 0 saturated heterocycles. The number of ether oxygens (including phenoxy) is 2. The van der Waals surface area contributed by atoms with E-state index >= 15 is 0 Å². The van der Waals surface area contributed by atoms with Crippen LogP contribution < -0.4 is 0 Å². The number of carbonyl (C=O) groups excluding carboxylic acids is 4. The third-order valence-electron chi connectivity index (χ3n) is 4.81. The van der Waals surface area contributed by atoms with Crippen LogP contribution in [0.2, 0.25) is 0 Å². The summed E-state index contributed by atoms with van der Waals surface area (Å²) < 4.78 is 10.3. The number of aryl methyl sites for hydroxylation is 2. The van der Waals surface area contributed by atoms with E-state index < -0.39 is 23.8 Å². The molecule has 2 heterocycles. The molecule has 0 fully saturated rings. The third-order valence-corrected chi connectivity index (χ3v) is 4.81. The number of nitrogens with one attached hydrogen (secondary N) is 2. The average molecular weight is 402 g/mol. The van der Waals surface area contributed by atoms with E-state index in [1.165, 1.54) is 13.8 Å². The minimum Gasteiger partial charge on any atom is -0.461 e. The van der Waals surface area contributed by atoms with Gasteiger partial charge < -0.3 is 19.4 Å². The first-order valence-electron chi connectivity index (χ1n) is 9.32. The van der Waals surface area contributed by atoms with Crippen LogP contribution in [0.5, 0.6) is 0 Å². The number of carbonyl (C=O) groups is 4. The van der Waals surface area contributed by atoms with Crippen LogP contribution in [-0.2, 0) is 9.47 Å². The normalized spacial score (nSPS) is 11.8. The largest absolute Gasteiger partial charge is 0.461 e. The zero-order chi connectivity index (χ0) is 22.0. The van der Waals surface area contributed by atoms with Gasteiger partial charge >= 0.3 is 11.9 Å². The second-order valence-electron chi connectivity index (χ2n) is 6.94. The fourth-order valence-electron chi connectivity index (χ4n) is 3.46. The summed E-state index contributed by atoms with van der Waals surface area (Å²) >= 11 is 0. The molecule has 0 amide bonds. The van der Waals surface area contributed by atoms with Gasteiger partial charge in [-0.2, -0.15) is 0 Å². The monoisotopic (exact) mass is 402 g/mol. The maximum Gasteiger partial charge on any atom is 0.355 e. The molecule has 0 aliphatic heterocycles. The molecule has 8 heteroatoms. The summed E-state index contributed by atoms with van der Waals surface area (Å²) in [6.07, 6.45) is -1.08. The summed E-state index contributed by atoms with van der Waals surface area (Å²) in [7, 11) is 0. The van der Waals surface area contributed by atoms with Gasteiger partial charge in [0.2, 0.25) is 5.78 Å². The number of ketones is 2. The van der Waals surface area contributed by atoms with E-state index in [-0.39, 0.29) is 29.3 Å². The van der Waals surface area contributed by atoms with Gasteiger partial charge in [-0.15, -0.1) is 0 Å². The lowest BCUT2D eigenvalue weighted by Crippen LogP contribution is -2.26. The van der Waals surface area contributed by atoms with Crippen LogP contribution >= 0.6 is 0 Å². The highest BCUT2D eigenvalue weighted by Gasteiger charge is 2.29. The van der Waals surface area contributed by atoms with E-state index in [1.54, 1.807) is 34.6 Å². The van der Waals surface area contributed by atoms with Crippen LogP contribution in [-0.4, -0.2) is 46.2 Å². The number of H-pyrrole nitrogens is 2. The van der Waals surface area contributed by atoms with Crippen molar-refractivity contribution in [2.24, 2.45) is 0 Å². The number of esters is 2. The van der Waals surface area contributed by atoms with Crippen molar-refractivity contribution >= 4 is 23.5 Å². The molecule has 2 rings (SSSR count). The van der Waals surface area contributed by atoms with E-state index in [4.69, 9.17) is 9.47 Å². The Kier molecular flexibility index (Phi) is 6.46. The predicted octanol–water partition coefficient (Wildman–Crippen LogP) is 3.38. The highest BCUT2D eigenvalue weighted by atomic mass is 16.5. The molecule has 29 heavy (non-hydrogen) atoms. The Morgan fingerprint density at radius 2 is 1.38 bits per heavy atom. The van der Waals surface area contributed by atoms with Crippen LogP contribution in [0.25, 0.3) is 0 Å². The van der Waals surface area contributed by atoms with E-state index in [9.17, 15) is 19.2 Å². The second-order valence-corrected chi connectivity index (χ2v) is 6.94. The zero-order valence-corrected chi connectivity index (χ0v) is 17.7. The molecule has 0 aliphatic rings. The number of hydrogen-bond donors (Lipinski definition) is 2. The SMILES string of the molecule is CCOC(=O)c1[nH]c(C)c(C(=O)O[C@H](C)C(=O)c2[nH]c(C)c(C(C)=O)c2C)c1C. The number of hydrogen-bond acceptors (Lipinski definition) is 6. The second kappa shape index (κ2) is 8.46. The first kappa shape index (κ1) is 22.1. The first-order valence-corrected chi connectivity index (χ1v) is 9.32. The van der Waals surface area contributed by atoms with Crippen molar-refractivity contribution in [2.45, 2.75) is 54.6 Å². The van der Waals surface area contributed by atoms with Crippen molar-refractivity contribution in [1.29, 1.82) is 0 Å². The van der Waals surface area contributed by atoms with Crippen molar-refractivity contribution in [2.75, 3.05) is 6.61 Å². The topological polar surface area (TPSA) is 118 Å². The Morgan fingerprint density at radius 1 is 0.862 bits per heavy atom. The summed E-state index contributed by atoms with van der Waals surface area (Å²) in [6, 6.07) is 0. The summed E-state index contributed by atoms with van der Waals surface area (Å²) in [4.78, 5) is 55.0. The molecule has 0 radical (unpaired) electrons. The Labute approximate surface area is 169 Å². The summed E-state index contributed by atoms with van der Waals surface area (Å²) in [6.45, 7) is 11.4. The van der Waals surface area contributed by atoms with Crippen LogP contribution in [0.3, 0.4) is 0 Å². The fraction of sp³-hybridized carbons (Fsp3) is 0.429. The lowest BCUT2D eigenvalue weighted by Gasteiger charge is -2.13. The summed E-state index contributed by atoms with van der Waals surface area (Å²) in [5.74, 6) is -1.88. The minimum atomic E-state index is -1.08. The standard InChI is InChI=1S/C21H26N2O6/c1-8-28-21(27)18-10(3)16(12(5)23-18)20(26)29-14(7)19(25)17-9(2)15(13(6)24)11(4)22-17/h14,22-23H,8H2,1-7H3/t14-/m1/s1. The van der Waals surface area contributed by atoms with Gasteiger partial charge in [-0.25, -0.2) is 9.59 Å². The summed E-state index contributed by atoms with van der Waals surface area (Å²) in [5, 5.41) is 0. The molecule has 1 atom stereocenters. The molecular weight excluding hydrogens is 376 g/mol. The molecule has 0 aliphatic carbocycles. The van der Waals surface area contributed by atoms with Crippen molar-refractivity contribution in [3.05, 3.63) is 45.0 Å². The number of aromatic amines is 2. The Bertz CT molecular complexity index is 995. The first-order chi connectivity index (χ1) is 13.5. The fourth-order valence-corrected chi connectivity index (χ4v) is 3.46. The molecule has 2 aromatic rings. The third kappa shape index (κ3) is 4.16. The Balaban J connectivity index is 2.26. The number of aromatic nitrogens is 2. The molecule has 0 aromatic carbocycles. The lowest BCUT2D eigenvalue weighted by molar-refractivity contribution is 0.0315. The molecule has 156 valence electrons. The van der Waals surface area contributed by atoms with Crippen LogP contribution in [0, 0.1) is 27.7 Å². The Hall–Kier alpha value is -3.16. The average Bonchev–Trinajstić information content (AvgIpc) is 3.09. The highest BCUT2D eigenvalue weighted by molar-refractivity contribution is 6.06. The molecule has 2 N–H and O–H groups in total. The number of rotatable bonds is 7. The van der Waals surface area contributed by atoms with E-state index in [1.807, 2.05) is 0 Å². The van der Waals surface area contributed by atoms with Crippen molar-refractivity contribution in [3.63, 3.8) is 0 Å². The van der Waals surface area contributed by atoms with Gasteiger partial charge in [0, 0.05) is 17.0 Å². The number of Topliss-reactive ketones (excluding diaryl/α,β-unsaturated/α-hetero) is 2. The zero-order valence-electron chi connectivity index (χ0n) is 17.7.